The lowest BCUT2D eigenvalue weighted by atomic mass is 9.93. The molecule has 0 aliphatic heterocycles. The number of benzene rings is 1. The predicted molar refractivity (Wildman–Crippen MR) is 78.4 cm³/mol. The Morgan fingerprint density at radius 2 is 1.89 bits per heavy atom. The highest BCUT2D eigenvalue weighted by Crippen LogP contribution is 2.20. The molecule has 0 saturated heterocycles. The van der Waals surface area contributed by atoms with E-state index in [0.29, 0.717) is 5.02 Å². The molecular formula is C16H18ClNO. The second kappa shape index (κ2) is 6.69. The van der Waals surface area contributed by atoms with Gasteiger partial charge in [0.1, 0.15) is 0 Å². The van der Waals surface area contributed by atoms with Gasteiger partial charge in [-0.3, -0.25) is 4.98 Å². The summed E-state index contributed by atoms with van der Waals surface area (Å²) in [5.74, 6) is 0.183. The van der Waals surface area contributed by atoms with Gasteiger partial charge < -0.3 is 5.11 Å². The van der Waals surface area contributed by atoms with Gasteiger partial charge in [-0.15, -0.1) is 0 Å². The van der Waals surface area contributed by atoms with Gasteiger partial charge >= 0.3 is 0 Å². The number of aliphatic hydroxyl groups excluding tert-OH is 1. The second-order valence-corrected chi connectivity index (χ2v) is 5.32. The van der Waals surface area contributed by atoms with Crippen LogP contribution in [0.25, 0.3) is 0 Å². The third-order valence-corrected chi connectivity index (χ3v) is 3.61. The van der Waals surface area contributed by atoms with Crippen molar-refractivity contribution in [3.05, 3.63) is 64.4 Å². The fraction of sp³-hybridized carbons (Fsp3) is 0.312. The molecule has 0 aliphatic carbocycles. The van der Waals surface area contributed by atoms with Crippen LogP contribution in [0.3, 0.4) is 0 Å². The van der Waals surface area contributed by atoms with Crippen LogP contribution in [0.15, 0.2) is 42.7 Å². The maximum absolute atomic E-state index is 9.54. The van der Waals surface area contributed by atoms with E-state index >= 15 is 0 Å². The summed E-state index contributed by atoms with van der Waals surface area (Å²) in [6, 6.07) is 10.4. The summed E-state index contributed by atoms with van der Waals surface area (Å²) in [4.78, 5) is 3.98. The second-order valence-electron chi connectivity index (χ2n) is 4.91. The van der Waals surface area contributed by atoms with E-state index in [1.807, 2.05) is 6.07 Å². The topological polar surface area (TPSA) is 33.1 Å². The van der Waals surface area contributed by atoms with Crippen LogP contribution in [0.4, 0.5) is 0 Å². The standard InChI is InChI=1S/C16H18ClNO/c1-12-2-4-13(5-3-12)8-14(11-19)9-15-6-7-18-10-16(15)17/h2-7,10,14,19H,8-9,11H2,1H3. The molecule has 0 amide bonds. The van der Waals surface area contributed by atoms with E-state index in [1.165, 1.54) is 11.1 Å². The molecule has 2 aromatic rings. The normalized spacial score (nSPS) is 12.4. The minimum Gasteiger partial charge on any atom is -0.396 e. The van der Waals surface area contributed by atoms with Crippen LogP contribution >= 0.6 is 11.6 Å². The molecule has 0 fully saturated rings. The van der Waals surface area contributed by atoms with Crippen LogP contribution in [0.1, 0.15) is 16.7 Å². The van der Waals surface area contributed by atoms with Crippen molar-refractivity contribution in [2.75, 3.05) is 6.61 Å². The quantitative estimate of drug-likeness (QED) is 0.907. The van der Waals surface area contributed by atoms with E-state index in [1.54, 1.807) is 12.4 Å². The van der Waals surface area contributed by atoms with Gasteiger partial charge in [-0.2, -0.15) is 0 Å². The number of aryl methyl sites for hydroxylation is 1. The highest BCUT2D eigenvalue weighted by atomic mass is 35.5. The van der Waals surface area contributed by atoms with Crippen molar-refractivity contribution in [2.24, 2.45) is 5.92 Å². The van der Waals surface area contributed by atoms with Crippen molar-refractivity contribution in [1.82, 2.24) is 4.98 Å². The minimum absolute atomic E-state index is 0.159. The van der Waals surface area contributed by atoms with E-state index in [0.717, 1.165) is 18.4 Å². The molecule has 100 valence electrons. The van der Waals surface area contributed by atoms with Gasteiger partial charge in [-0.25, -0.2) is 0 Å². The smallest absolute Gasteiger partial charge is 0.0621 e. The molecule has 0 radical (unpaired) electrons. The van der Waals surface area contributed by atoms with Crippen LogP contribution in [-0.4, -0.2) is 16.7 Å². The van der Waals surface area contributed by atoms with Crippen molar-refractivity contribution in [1.29, 1.82) is 0 Å². The SMILES string of the molecule is Cc1ccc(CC(CO)Cc2ccncc2Cl)cc1. The molecule has 3 heteroatoms. The van der Waals surface area contributed by atoms with E-state index < -0.39 is 0 Å². The summed E-state index contributed by atoms with van der Waals surface area (Å²) in [6.45, 7) is 2.23. The van der Waals surface area contributed by atoms with Crippen LogP contribution in [0.5, 0.6) is 0 Å². The number of hydrogen-bond donors (Lipinski definition) is 1. The van der Waals surface area contributed by atoms with Crippen molar-refractivity contribution in [2.45, 2.75) is 19.8 Å². The first-order valence-corrected chi connectivity index (χ1v) is 6.81. The number of nitrogens with zero attached hydrogens (tertiary/aromatic N) is 1. The Balaban J connectivity index is 2.05. The third kappa shape index (κ3) is 4.05. The van der Waals surface area contributed by atoms with E-state index in [-0.39, 0.29) is 12.5 Å². The first kappa shape index (κ1) is 14.0. The molecule has 2 nitrogen and oxygen atoms in total. The van der Waals surface area contributed by atoms with Gasteiger partial charge in [-0.1, -0.05) is 41.4 Å². The molecule has 1 aromatic heterocycles. The monoisotopic (exact) mass is 275 g/mol. The van der Waals surface area contributed by atoms with Crippen molar-refractivity contribution >= 4 is 11.6 Å². The molecule has 0 saturated carbocycles. The van der Waals surface area contributed by atoms with E-state index in [9.17, 15) is 5.11 Å². The summed E-state index contributed by atoms with van der Waals surface area (Å²) in [6.07, 6.45) is 5.01. The third-order valence-electron chi connectivity index (χ3n) is 3.27. The van der Waals surface area contributed by atoms with Crippen molar-refractivity contribution in [3.63, 3.8) is 0 Å². The molecule has 1 atom stereocenters. The average Bonchev–Trinajstić information content (AvgIpc) is 2.43. The molecule has 1 aromatic carbocycles. The van der Waals surface area contributed by atoms with Gasteiger partial charge in [-0.05, 0) is 42.9 Å². The molecule has 2 rings (SSSR count). The molecule has 0 bridgehead atoms. The summed E-state index contributed by atoms with van der Waals surface area (Å²) in [7, 11) is 0. The van der Waals surface area contributed by atoms with Gasteiger partial charge in [0.2, 0.25) is 0 Å². The Labute approximate surface area is 119 Å². The molecule has 0 aliphatic rings. The molecule has 1 N–H and O–H groups in total. The Morgan fingerprint density at radius 3 is 2.53 bits per heavy atom. The number of aromatic nitrogens is 1. The number of aliphatic hydroxyl groups is 1. The fourth-order valence-corrected chi connectivity index (χ4v) is 2.34. The first-order valence-electron chi connectivity index (χ1n) is 6.44. The summed E-state index contributed by atoms with van der Waals surface area (Å²) in [5, 5.41) is 10.2. The molecule has 19 heavy (non-hydrogen) atoms. The number of halogens is 1. The van der Waals surface area contributed by atoms with E-state index in [2.05, 4.69) is 36.2 Å². The van der Waals surface area contributed by atoms with Crippen LogP contribution in [0, 0.1) is 12.8 Å². The zero-order valence-electron chi connectivity index (χ0n) is 11.0. The van der Waals surface area contributed by atoms with E-state index in [4.69, 9.17) is 11.6 Å². The highest BCUT2D eigenvalue weighted by molar-refractivity contribution is 6.31. The van der Waals surface area contributed by atoms with Crippen LogP contribution in [0.2, 0.25) is 5.02 Å². The largest absolute Gasteiger partial charge is 0.396 e. The average molecular weight is 276 g/mol. The van der Waals surface area contributed by atoms with Crippen molar-refractivity contribution < 1.29 is 5.11 Å². The number of rotatable bonds is 5. The van der Waals surface area contributed by atoms with Gasteiger partial charge in [0.25, 0.3) is 0 Å². The lowest BCUT2D eigenvalue weighted by molar-refractivity contribution is 0.225. The zero-order chi connectivity index (χ0) is 13.7. The van der Waals surface area contributed by atoms with Crippen molar-refractivity contribution in [3.8, 4) is 0 Å². The molecule has 1 heterocycles. The molecule has 1 unspecified atom stereocenters. The van der Waals surface area contributed by atoms with Gasteiger partial charge in [0, 0.05) is 19.0 Å². The predicted octanol–water partition coefficient (Wildman–Crippen LogP) is 3.44. The van der Waals surface area contributed by atoms with Crippen LogP contribution < -0.4 is 0 Å². The lowest BCUT2D eigenvalue weighted by Gasteiger charge is -2.15. The molecule has 0 spiro atoms. The minimum atomic E-state index is 0.159. The Morgan fingerprint density at radius 1 is 1.16 bits per heavy atom. The Hall–Kier alpha value is -1.38. The maximum atomic E-state index is 9.54. The molecular weight excluding hydrogens is 258 g/mol. The highest BCUT2D eigenvalue weighted by Gasteiger charge is 2.11. The fourth-order valence-electron chi connectivity index (χ4n) is 2.14. The Bertz CT molecular complexity index is 525. The van der Waals surface area contributed by atoms with Gasteiger partial charge in [0.15, 0.2) is 0 Å². The zero-order valence-corrected chi connectivity index (χ0v) is 11.8. The number of pyridine rings is 1. The maximum Gasteiger partial charge on any atom is 0.0621 e. The lowest BCUT2D eigenvalue weighted by Crippen LogP contribution is -2.13. The summed E-state index contributed by atoms with van der Waals surface area (Å²) >= 11 is 6.10. The van der Waals surface area contributed by atoms with Gasteiger partial charge in [0.05, 0.1) is 5.02 Å². The first-order chi connectivity index (χ1) is 9.19. The number of hydrogen-bond acceptors (Lipinski definition) is 2. The summed E-state index contributed by atoms with van der Waals surface area (Å²) < 4.78 is 0. The summed E-state index contributed by atoms with van der Waals surface area (Å²) in [5.41, 5.74) is 3.54. The van der Waals surface area contributed by atoms with Crippen LogP contribution in [-0.2, 0) is 12.8 Å². The Kier molecular flexibility index (Phi) is 4.94.